The van der Waals surface area contributed by atoms with E-state index in [2.05, 4.69) is 13.0 Å². The molecule has 0 heterocycles. The molecule has 0 radical (unpaired) electrons. The highest BCUT2D eigenvalue weighted by Crippen LogP contribution is 2.62. The van der Waals surface area contributed by atoms with Crippen LogP contribution in [0.1, 0.15) is 45.4 Å². The molecule has 1 nitrogen and oxygen atoms in total. The van der Waals surface area contributed by atoms with Crippen LogP contribution < -0.4 is 0 Å². The van der Waals surface area contributed by atoms with Crippen LogP contribution in [0.5, 0.6) is 0 Å². The van der Waals surface area contributed by atoms with Gasteiger partial charge < -0.3 is 0 Å². The van der Waals surface area contributed by atoms with Gasteiger partial charge in [-0.2, -0.15) is 5.26 Å². The molecule has 0 N–H and O–H groups in total. The minimum absolute atomic E-state index is 0.302. The Kier molecular flexibility index (Phi) is 1.72. The molecule has 4 rings (SSSR count). The number of hydrogen-bond acceptors (Lipinski definition) is 1. The van der Waals surface area contributed by atoms with Crippen molar-refractivity contribution in [3.63, 3.8) is 0 Å². The topological polar surface area (TPSA) is 23.8 Å². The van der Waals surface area contributed by atoms with Crippen molar-refractivity contribution in [2.45, 2.75) is 45.4 Å². The van der Waals surface area contributed by atoms with Crippen molar-refractivity contribution in [1.29, 1.82) is 5.26 Å². The largest absolute Gasteiger partial charge is 0.198 e. The maximum absolute atomic E-state index is 9.14. The number of nitrogens with zero attached hydrogens (tertiary/aromatic N) is 1. The molecule has 4 aliphatic carbocycles. The normalized spacial score (nSPS) is 51.6. The smallest absolute Gasteiger partial charge is 0.0658 e. The van der Waals surface area contributed by atoms with Gasteiger partial charge in [-0.1, -0.05) is 0 Å². The molecule has 4 saturated carbocycles. The molecule has 0 saturated heterocycles. The molecule has 0 aromatic heterocycles. The average Bonchev–Trinajstić information content (AvgIpc) is 2.14. The van der Waals surface area contributed by atoms with Gasteiger partial charge in [-0.3, -0.25) is 0 Å². The third-order valence-corrected chi connectivity index (χ3v) is 5.20. The molecule has 4 aliphatic rings. The van der Waals surface area contributed by atoms with Crippen molar-refractivity contribution >= 4 is 0 Å². The second-order valence-electron chi connectivity index (χ2n) is 6.13. The summed E-state index contributed by atoms with van der Waals surface area (Å²) in [7, 11) is 0. The van der Waals surface area contributed by atoms with E-state index in [1.54, 1.807) is 0 Å². The lowest BCUT2D eigenvalue weighted by Gasteiger charge is -2.58. The predicted molar refractivity (Wildman–Crippen MR) is 55.4 cm³/mol. The van der Waals surface area contributed by atoms with Crippen LogP contribution in [0.4, 0.5) is 0 Å². The molecule has 76 valence electrons. The fourth-order valence-electron chi connectivity index (χ4n) is 4.84. The number of hydrogen-bond donors (Lipinski definition) is 0. The SMILES string of the molecule is CC(C#N)C12CC3CC(CC(C3)C1)C2. The first-order chi connectivity index (χ1) is 6.72. The summed E-state index contributed by atoms with van der Waals surface area (Å²) in [6.07, 6.45) is 8.56. The minimum atomic E-state index is 0.302. The first-order valence-corrected chi connectivity index (χ1v) is 6.11. The highest BCUT2D eigenvalue weighted by atomic mass is 14.6. The van der Waals surface area contributed by atoms with Crippen molar-refractivity contribution in [3.8, 4) is 6.07 Å². The van der Waals surface area contributed by atoms with Gasteiger partial charge in [-0.25, -0.2) is 0 Å². The van der Waals surface area contributed by atoms with E-state index in [4.69, 9.17) is 5.26 Å². The van der Waals surface area contributed by atoms with Crippen LogP contribution in [0.25, 0.3) is 0 Å². The van der Waals surface area contributed by atoms with Crippen LogP contribution >= 0.6 is 0 Å². The summed E-state index contributed by atoms with van der Waals surface area (Å²) in [4.78, 5) is 0. The summed E-state index contributed by atoms with van der Waals surface area (Å²) < 4.78 is 0. The van der Waals surface area contributed by atoms with E-state index in [0.29, 0.717) is 11.3 Å². The Labute approximate surface area is 86.5 Å². The third kappa shape index (κ3) is 1.06. The molecule has 0 aromatic carbocycles. The Morgan fingerprint density at radius 2 is 1.50 bits per heavy atom. The van der Waals surface area contributed by atoms with Crippen LogP contribution in [0.2, 0.25) is 0 Å². The summed E-state index contributed by atoms with van der Waals surface area (Å²) >= 11 is 0. The third-order valence-electron chi connectivity index (χ3n) is 5.20. The maximum Gasteiger partial charge on any atom is 0.0658 e. The van der Waals surface area contributed by atoms with E-state index >= 15 is 0 Å². The van der Waals surface area contributed by atoms with Crippen molar-refractivity contribution in [1.82, 2.24) is 0 Å². The van der Waals surface area contributed by atoms with Crippen LogP contribution in [0.15, 0.2) is 0 Å². The summed E-state index contributed by atoms with van der Waals surface area (Å²) in [6.45, 7) is 2.16. The van der Waals surface area contributed by atoms with E-state index in [0.717, 1.165) is 17.8 Å². The van der Waals surface area contributed by atoms with Gasteiger partial charge in [0.15, 0.2) is 0 Å². The zero-order valence-corrected chi connectivity index (χ0v) is 9.00. The van der Waals surface area contributed by atoms with Gasteiger partial charge >= 0.3 is 0 Å². The zero-order chi connectivity index (χ0) is 9.76. The summed E-state index contributed by atoms with van der Waals surface area (Å²) in [5, 5.41) is 9.14. The second kappa shape index (κ2) is 2.75. The Balaban J connectivity index is 1.91. The lowest BCUT2D eigenvalue weighted by atomic mass is 9.47. The minimum Gasteiger partial charge on any atom is -0.198 e. The standard InChI is InChI=1S/C13H19N/c1-9(8-14)13-5-10-2-11(6-13)4-12(3-10)7-13/h9-12H,2-7H2,1H3. The quantitative estimate of drug-likeness (QED) is 0.620. The van der Waals surface area contributed by atoms with Crippen molar-refractivity contribution < 1.29 is 0 Å². The van der Waals surface area contributed by atoms with E-state index in [1.807, 2.05) is 0 Å². The highest BCUT2D eigenvalue weighted by Gasteiger charge is 2.53. The number of rotatable bonds is 1. The summed E-state index contributed by atoms with van der Waals surface area (Å²) in [6, 6.07) is 2.52. The molecule has 14 heavy (non-hydrogen) atoms. The highest BCUT2D eigenvalue weighted by molar-refractivity contribution is 5.07. The van der Waals surface area contributed by atoms with Crippen LogP contribution in [0, 0.1) is 40.4 Å². The summed E-state index contributed by atoms with van der Waals surface area (Å²) in [5.41, 5.74) is 0.448. The van der Waals surface area contributed by atoms with Crippen molar-refractivity contribution in [2.24, 2.45) is 29.1 Å². The lowest BCUT2D eigenvalue weighted by Crippen LogP contribution is -2.48. The first kappa shape index (κ1) is 8.77. The van der Waals surface area contributed by atoms with Gasteiger partial charge in [0, 0.05) is 5.92 Å². The predicted octanol–water partition coefficient (Wildman–Crippen LogP) is 3.36. The molecule has 4 fully saturated rings. The average molecular weight is 189 g/mol. The van der Waals surface area contributed by atoms with Gasteiger partial charge in [0.05, 0.1) is 6.07 Å². The van der Waals surface area contributed by atoms with Gasteiger partial charge in [0.2, 0.25) is 0 Å². The Bertz CT molecular complexity index is 251. The Hall–Kier alpha value is -0.510. The Morgan fingerprint density at radius 1 is 1.07 bits per heavy atom. The van der Waals surface area contributed by atoms with E-state index < -0.39 is 0 Å². The molecule has 4 bridgehead atoms. The van der Waals surface area contributed by atoms with Crippen LogP contribution in [0.3, 0.4) is 0 Å². The Morgan fingerprint density at radius 3 is 1.86 bits per heavy atom. The molecule has 1 atom stereocenters. The van der Waals surface area contributed by atoms with E-state index in [9.17, 15) is 0 Å². The number of nitriles is 1. The molecular formula is C13H19N. The zero-order valence-electron chi connectivity index (χ0n) is 9.00. The monoisotopic (exact) mass is 189 g/mol. The molecular weight excluding hydrogens is 170 g/mol. The van der Waals surface area contributed by atoms with Crippen molar-refractivity contribution in [3.05, 3.63) is 0 Å². The molecule has 0 amide bonds. The van der Waals surface area contributed by atoms with E-state index in [-0.39, 0.29) is 0 Å². The molecule has 0 spiro atoms. The molecule has 1 heteroatoms. The fourth-order valence-corrected chi connectivity index (χ4v) is 4.84. The van der Waals surface area contributed by atoms with Crippen LogP contribution in [-0.2, 0) is 0 Å². The van der Waals surface area contributed by atoms with E-state index in [1.165, 1.54) is 38.5 Å². The van der Waals surface area contributed by atoms with Gasteiger partial charge in [0.1, 0.15) is 0 Å². The molecule has 1 unspecified atom stereocenters. The second-order valence-corrected chi connectivity index (χ2v) is 6.13. The lowest BCUT2D eigenvalue weighted by molar-refractivity contribution is -0.0710. The van der Waals surface area contributed by atoms with Gasteiger partial charge in [-0.05, 0) is 68.6 Å². The van der Waals surface area contributed by atoms with Crippen molar-refractivity contribution in [2.75, 3.05) is 0 Å². The first-order valence-electron chi connectivity index (χ1n) is 6.11. The fraction of sp³-hybridized carbons (Fsp3) is 0.923. The van der Waals surface area contributed by atoms with Gasteiger partial charge in [0.25, 0.3) is 0 Å². The maximum atomic E-state index is 9.14. The molecule has 0 aromatic rings. The molecule has 0 aliphatic heterocycles. The van der Waals surface area contributed by atoms with Gasteiger partial charge in [-0.15, -0.1) is 0 Å². The van der Waals surface area contributed by atoms with Crippen LogP contribution in [-0.4, -0.2) is 0 Å². The summed E-state index contributed by atoms with van der Waals surface area (Å²) in [5.74, 6) is 3.25.